The summed E-state index contributed by atoms with van der Waals surface area (Å²) < 4.78 is 19.2. The van der Waals surface area contributed by atoms with Crippen LogP contribution in [0.3, 0.4) is 0 Å². The van der Waals surface area contributed by atoms with E-state index in [9.17, 15) is 4.39 Å². The fourth-order valence-corrected chi connectivity index (χ4v) is 2.21. The number of morpholine rings is 1. The van der Waals surface area contributed by atoms with Crippen molar-refractivity contribution in [3.05, 3.63) is 29.6 Å². The highest BCUT2D eigenvalue weighted by molar-refractivity contribution is 5.58. The molecule has 1 aromatic rings. The summed E-state index contributed by atoms with van der Waals surface area (Å²) in [7, 11) is 2.05. The maximum absolute atomic E-state index is 13.5. The number of nitriles is 1. The van der Waals surface area contributed by atoms with E-state index in [0.717, 1.165) is 13.1 Å². The minimum Gasteiger partial charge on any atom is -0.379 e. The SMILES string of the molecule is CC(Nc1cccc(F)c1C#N)C1CN(C)CCO1. The molecule has 0 bridgehead atoms. The van der Waals surface area contributed by atoms with Gasteiger partial charge in [0.05, 0.1) is 24.4 Å². The van der Waals surface area contributed by atoms with Crippen LogP contribution >= 0.6 is 0 Å². The van der Waals surface area contributed by atoms with Crippen molar-refractivity contribution in [2.24, 2.45) is 0 Å². The van der Waals surface area contributed by atoms with Gasteiger partial charge in [-0.1, -0.05) is 6.07 Å². The maximum Gasteiger partial charge on any atom is 0.143 e. The number of nitrogens with zero attached hydrogens (tertiary/aromatic N) is 2. The summed E-state index contributed by atoms with van der Waals surface area (Å²) in [5.74, 6) is -0.499. The zero-order chi connectivity index (χ0) is 13.8. The van der Waals surface area contributed by atoms with E-state index in [1.165, 1.54) is 6.07 Å². The second-order valence-corrected chi connectivity index (χ2v) is 4.88. The molecule has 1 aliphatic heterocycles. The van der Waals surface area contributed by atoms with E-state index in [4.69, 9.17) is 10.00 Å². The number of hydrogen-bond acceptors (Lipinski definition) is 4. The molecular formula is C14H18FN3O. The van der Waals surface area contributed by atoms with Crippen LogP contribution in [0.2, 0.25) is 0 Å². The third-order valence-electron chi connectivity index (χ3n) is 3.36. The van der Waals surface area contributed by atoms with Gasteiger partial charge in [-0.3, -0.25) is 0 Å². The topological polar surface area (TPSA) is 48.3 Å². The van der Waals surface area contributed by atoms with Crippen LogP contribution in [0.1, 0.15) is 12.5 Å². The van der Waals surface area contributed by atoms with Gasteiger partial charge in [0.2, 0.25) is 0 Å². The lowest BCUT2D eigenvalue weighted by molar-refractivity contribution is -0.0259. The number of benzene rings is 1. The van der Waals surface area contributed by atoms with E-state index in [1.54, 1.807) is 12.1 Å². The van der Waals surface area contributed by atoms with Gasteiger partial charge >= 0.3 is 0 Å². The van der Waals surface area contributed by atoms with E-state index in [2.05, 4.69) is 10.2 Å². The summed E-state index contributed by atoms with van der Waals surface area (Å²) in [6.45, 7) is 4.43. The first-order valence-corrected chi connectivity index (χ1v) is 6.37. The number of anilines is 1. The van der Waals surface area contributed by atoms with Gasteiger partial charge in [-0.15, -0.1) is 0 Å². The average Bonchev–Trinajstić information content (AvgIpc) is 2.39. The summed E-state index contributed by atoms with van der Waals surface area (Å²) in [5, 5.41) is 12.2. The van der Waals surface area contributed by atoms with Crippen LogP contribution in [0, 0.1) is 17.1 Å². The summed E-state index contributed by atoms with van der Waals surface area (Å²) in [5.41, 5.74) is 0.574. The van der Waals surface area contributed by atoms with Gasteiger partial charge in [0, 0.05) is 13.1 Å². The Balaban J connectivity index is 2.09. The summed E-state index contributed by atoms with van der Waals surface area (Å²) in [6, 6.07) is 6.50. The highest BCUT2D eigenvalue weighted by Crippen LogP contribution is 2.20. The Hall–Kier alpha value is -1.64. The van der Waals surface area contributed by atoms with Crippen molar-refractivity contribution in [3.8, 4) is 6.07 Å². The number of nitrogens with one attached hydrogen (secondary N) is 1. The Labute approximate surface area is 112 Å². The number of likely N-dealkylation sites (N-methyl/N-ethyl adjacent to an activating group) is 1. The molecule has 0 amide bonds. The molecule has 5 heteroatoms. The number of halogens is 1. The Morgan fingerprint density at radius 1 is 1.58 bits per heavy atom. The minimum atomic E-state index is -0.499. The number of hydrogen-bond donors (Lipinski definition) is 1. The first-order chi connectivity index (χ1) is 9.11. The van der Waals surface area contributed by atoms with Gasteiger partial charge in [0.15, 0.2) is 0 Å². The quantitative estimate of drug-likeness (QED) is 0.904. The van der Waals surface area contributed by atoms with E-state index >= 15 is 0 Å². The van der Waals surface area contributed by atoms with E-state index in [0.29, 0.717) is 12.3 Å². The molecule has 0 radical (unpaired) electrons. The fourth-order valence-electron chi connectivity index (χ4n) is 2.21. The second kappa shape index (κ2) is 6.00. The van der Waals surface area contributed by atoms with E-state index < -0.39 is 5.82 Å². The Kier molecular flexibility index (Phi) is 4.35. The van der Waals surface area contributed by atoms with Crippen LogP contribution in [0.15, 0.2) is 18.2 Å². The van der Waals surface area contributed by atoms with Crippen molar-refractivity contribution < 1.29 is 9.13 Å². The van der Waals surface area contributed by atoms with Crippen molar-refractivity contribution >= 4 is 5.69 Å². The van der Waals surface area contributed by atoms with E-state index in [-0.39, 0.29) is 17.7 Å². The molecular weight excluding hydrogens is 245 g/mol. The first-order valence-electron chi connectivity index (χ1n) is 6.37. The maximum atomic E-state index is 13.5. The van der Waals surface area contributed by atoms with Crippen LogP contribution in [0.5, 0.6) is 0 Å². The molecule has 2 unspecified atom stereocenters. The normalized spacial score (nSPS) is 21.7. The molecule has 1 fully saturated rings. The lowest BCUT2D eigenvalue weighted by Crippen LogP contribution is -2.47. The van der Waals surface area contributed by atoms with Crippen LogP contribution in [-0.4, -0.2) is 43.8 Å². The lowest BCUT2D eigenvalue weighted by Gasteiger charge is -2.34. The predicted molar refractivity (Wildman–Crippen MR) is 71.4 cm³/mol. The van der Waals surface area contributed by atoms with Crippen LogP contribution < -0.4 is 5.32 Å². The fraction of sp³-hybridized carbons (Fsp3) is 0.500. The van der Waals surface area contributed by atoms with Gasteiger partial charge in [0.1, 0.15) is 17.4 Å². The van der Waals surface area contributed by atoms with Crippen LogP contribution in [-0.2, 0) is 4.74 Å². The Bertz CT molecular complexity index is 486. The molecule has 0 spiro atoms. The smallest absolute Gasteiger partial charge is 0.143 e. The largest absolute Gasteiger partial charge is 0.379 e. The molecule has 102 valence electrons. The van der Waals surface area contributed by atoms with Crippen molar-refractivity contribution in [1.82, 2.24) is 4.90 Å². The molecule has 1 heterocycles. The zero-order valence-corrected chi connectivity index (χ0v) is 11.2. The number of rotatable bonds is 3. The average molecular weight is 263 g/mol. The zero-order valence-electron chi connectivity index (χ0n) is 11.2. The predicted octanol–water partition coefficient (Wildman–Crippen LogP) is 1.83. The van der Waals surface area contributed by atoms with E-state index in [1.807, 2.05) is 20.0 Å². The molecule has 1 aromatic carbocycles. The van der Waals surface area contributed by atoms with Crippen LogP contribution in [0.25, 0.3) is 0 Å². The Morgan fingerprint density at radius 2 is 2.37 bits per heavy atom. The van der Waals surface area contributed by atoms with Crippen molar-refractivity contribution in [3.63, 3.8) is 0 Å². The lowest BCUT2D eigenvalue weighted by atomic mass is 10.1. The summed E-state index contributed by atoms with van der Waals surface area (Å²) >= 11 is 0. The van der Waals surface area contributed by atoms with Gasteiger partial charge in [-0.2, -0.15) is 5.26 Å². The third kappa shape index (κ3) is 3.22. The summed E-state index contributed by atoms with van der Waals surface area (Å²) in [4.78, 5) is 2.20. The molecule has 1 N–H and O–H groups in total. The van der Waals surface area contributed by atoms with Crippen LogP contribution in [0.4, 0.5) is 10.1 Å². The second-order valence-electron chi connectivity index (χ2n) is 4.88. The van der Waals surface area contributed by atoms with Gasteiger partial charge < -0.3 is 15.0 Å². The molecule has 0 saturated carbocycles. The standard InChI is InChI=1S/C14H18FN3O/c1-10(14-9-18(2)6-7-19-14)17-13-5-3-4-12(15)11(13)8-16/h3-5,10,14,17H,6-7,9H2,1-2H3. The molecule has 0 aromatic heterocycles. The first kappa shape index (κ1) is 13.8. The van der Waals surface area contributed by atoms with Gasteiger partial charge in [0.25, 0.3) is 0 Å². The van der Waals surface area contributed by atoms with Crippen molar-refractivity contribution in [1.29, 1.82) is 5.26 Å². The Morgan fingerprint density at radius 3 is 3.05 bits per heavy atom. The molecule has 0 aliphatic carbocycles. The highest BCUT2D eigenvalue weighted by atomic mass is 19.1. The third-order valence-corrected chi connectivity index (χ3v) is 3.36. The molecule has 2 rings (SSSR count). The molecule has 19 heavy (non-hydrogen) atoms. The van der Waals surface area contributed by atoms with Gasteiger partial charge in [-0.25, -0.2) is 4.39 Å². The van der Waals surface area contributed by atoms with Crippen molar-refractivity contribution in [2.45, 2.75) is 19.1 Å². The highest BCUT2D eigenvalue weighted by Gasteiger charge is 2.24. The molecule has 1 saturated heterocycles. The van der Waals surface area contributed by atoms with Gasteiger partial charge in [-0.05, 0) is 26.1 Å². The molecule has 1 aliphatic rings. The molecule has 2 atom stereocenters. The molecule has 4 nitrogen and oxygen atoms in total. The number of ether oxygens (including phenoxy) is 1. The minimum absolute atomic E-state index is 0.0108. The van der Waals surface area contributed by atoms with Crippen molar-refractivity contribution in [2.75, 3.05) is 32.1 Å². The monoisotopic (exact) mass is 263 g/mol. The summed E-state index contributed by atoms with van der Waals surface area (Å²) in [6.07, 6.45) is 0.0357.